The smallest absolute Gasteiger partial charge is 0.368 e. The zero-order valence-corrected chi connectivity index (χ0v) is 14.8. The number of nitrogens with zero attached hydrogens (tertiary/aromatic N) is 4. The standard InChI is InChI=1S/C18H19N5O4/c1-12-2-3-13(15(8-12)27-14-6-7-26-11-14)9-19-16-4-5-17-20-10-18(23(24)25)22(17)21-16/h2-5,8,10,14H,6-7,9,11H2,1H3,(H,19,21). The van der Waals surface area contributed by atoms with Crippen LogP contribution < -0.4 is 10.1 Å². The number of ether oxygens (including phenoxy) is 2. The van der Waals surface area contributed by atoms with E-state index in [1.165, 1.54) is 10.7 Å². The Kier molecular flexibility index (Phi) is 4.59. The third-order valence-corrected chi connectivity index (χ3v) is 4.40. The lowest BCUT2D eigenvalue weighted by molar-refractivity contribution is -0.391. The van der Waals surface area contributed by atoms with E-state index in [4.69, 9.17) is 9.47 Å². The van der Waals surface area contributed by atoms with Crippen LogP contribution in [0.2, 0.25) is 0 Å². The molecule has 0 saturated carbocycles. The minimum absolute atomic E-state index is 0.0635. The van der Waals surface area contributed by atoms with E-state index in [9.17, 15) is 10.1 Å². The summed E-state index contributed by atoms with van der Waals surface area (Å²) < 4.78 is 12.7. The molecule has 0 spiro atoms. The second-order valence-corrected chi connectivity index (χ2v) is 6.43. The fourth-order valence-electron chi connectivity index (χ4n) is 2.97. The largest absolute Gasteiger partial charge is 0.488 e. The Morgan fingerprint density at radius 1 is 1.41 bits per heavy atom. The number of aromatic nitrogens is 3. The van der Waals surface area contributed by atoms with Crippen molar-refractivity contribution in [3.8, 4) is 5.75 Å². The number of hydrogen-bond acceptors (Lipinski definition) is 7. The van der Waals surface area contributed by atoms with Crippen LogP contribution in [-0.2, 0) is 11.3 Å². The van der Waals surface area contributed by atoms with Crippen LogP contribution in [0, 0.1) is 17.0 Å². The molecule has 0 bridgehead atoms. The highest BCUT2D eigenvalue weighted by Gasteiger charge is 2.19. The van der Waals surface area contributed by atoms with Crippen LogP contribution >= 0.6 is 0 Å². The maximum absolute atomic E-state index is 11.1. The maximum atomic E-state index is 11.1. The molecule has 1 fully saturated rings. The molecule has 1 saturated heterocycles. The molecule has 0 aliphatic carbocycles. The van der Waals surface area contributed by atoms with Crippen LogP contribution in [-0.4, -0.2) is 38.8 Å². The molecule has 0 amide bonds. The molecule has 1 N–H and O–H groups in total. The Morgan fingerprint density at radius 2 is 2.30 bits per heavy atom. The van der Waals surface area contributed by atoms with E-state index in [1.807, 2.05) is 25.1 Å². The van der Waals surface area contributed by atoms with Crippen LogP contribution in [0.1, 0.15) is 17.5 Å². The summed E-state index contributed by atoms with van der Waals surface area (Å²) in [6.07, 6.45) is 2.14. The van der Waals surface area contributed by atoms with Crippen molar-refractivity contribution in [2.24, 2.45) is 0 Å². The molecule has 1 aliphatic rings. The maximum Gasteiger partial charge on any atom is 0.368 e. The summed E-state index contributed by atoms with van der Waals surface area (Å²) in [5.74, 6) is 1.15. The summed E-state index contributed by atoms with van der Waals surface area (Å²) in [6.45, 7) is 3.81. The number of aryl methyl sites for hydroxylation is 1. The number of nitrogens with one attached hydrogen (secondary N) is 1. The summed E-state index contributed by atoms with van der Waals surface area (Å²) in [4.78, 5) is 14.5. The molecule has 1 atom stereocenters. The van der Waals surface area contributed by atoms with Crippen molar-refractivity contribution in [1.29, 1.82) is 0 Å². The molecule has 27 heavy (non-hydrogen) atoms. The average molecular weight is 369 g/mol. The lowest BCUT2D eigenvalue weighted by atomic mass is 10.1. The fraction of sp³-hybridized carbons (Fsp3) is 0.333. The van der Waals surface area contributed by atoms with Crippen molar-refractivity contribution in [3.63, 3.8) is 0 Å². The quantitative estimate of drug-likeness (QED) is 0.526. The van der Waals surface area contributed by atoms with Gasteiger partial charge in [0.05, 0.1) is 13.2 Å². The minimum atomic E-state index is -0.508. The zero-order valence-electron chi connectivity index (χ0n) is 14.8. The average Bonchev–Trinajstić information content (AvgIpc) is 3.30. The van der Waals surface area contributed by atoms with E-state index in [0.717, 1.165) is 29.9 Å². The fourth-order valence-corrected chi connectivity index (χ4v) is 2.97. The lowest BCUT2D eigenvalue weighted by Gasteiger charge is -2.16. The molecule has 9 heteroatoms. The lowest BCUT2D eigenvalue weighted by Crippen LogP contribution is -2.17. The molecule has 2 aromatic heterocycles. The summed E-state index contributed by atoms with van der Waals surface area (Å²) in [5, 5.41) is 18.5. The van der Waals surface area contributed by atoms with Crippen LogP contribution in [0.15, 0.2) is 36.5 Å². The SMILES string of the molecule is Cc1ccc(CNc2ccc3ncc([N+](=O)[O-])n3n2)c(OC2CCOC2)c1. The van der Waals surface area contributed by atoms with Gasteiger partial charge in [-0.15, -0.1) is 0 Å². The Morgan fingerprint density at radius 3 is 3.07 bits per heavy atom. The minimum Gasteiger partial charge on any atom is -0.488 e. The third kappa shape index (κ3) is 3.68. The van der Waals surface area contributed by atoms with Gasteiger partial charge in [0.15, 0.2) is 5.82 Å². The second-order valence-electron chi connectivity index (χ2n) is 6.43. The number of fused-ring (bicyclic) bond motifs is 1. The molecule has 140 valence electrons. The van der Waals surface area contributed by atoms with E-state index >= 15 is 0 Å². The molecule has 3 heterocycles. The van der Waals surface area contributed by atoms with Gasteiger partial charge in [-0.25, -0.2) is 4.98 Å². The number of anilines is 1. The summed E-state index contributed by atoms with van der Waals surface area (Å²) >= 11 is 0. The van der Waals surface area contributed by atoms with E-state index in [0.29, 0.717) is 24.6 Å². The number of nitro groups is 1. The van der Waals surface area contributed by atoms with Gasteiger partial charge in [0.25, 0.3) is 0 Å². The summed E-state index contributed by atoms with van der Waals surface area (Å²) in [5.41, 5.74) is 2.52. The molecular formula is C18H19N5O4. The Balaban J connectivity index is 1.53. The van der Waals surface area contributed by atoms with E-state index in [-0.39, 0.29) is 11.9 Å². The van der Waals surface area contributed by atoms with E-state index < -0.39 is 4.92 Å². The highest BCUT2D eigenvalue weighted by atomic mass is 16.6. The third-order valence-electron chi connectivity index (χ3n) is 4.40. The first-order valence-electron chi connectivity index (χ1n) is 8.67. The van der Waals surface area contributed by atoms with Gasteiger partial charge in [0, 0.05) is 24.6 Å². The van der Waals surface area contributed by atoms with E-state index in [1.54, 1.807) is 12.1 Å². The predicted octanol–water partition coefficient (Wildman–Crippen LogP) is 2.73. The molecule has 1 aromatic carbocycles. The molecule has 1 unspecified atom stereocenters. The first-order chi connectivity index (χ1) is 13.1. The number of imidazole rings is 1. The molecule has 3 aromatic rings. The van der Waals surface area contributed by atoms with Crippen LogP contribution in [0.4, 0.5) is 11.6 Å². The van der Waals surface area contributed by atoms with Crippen molar-refractivity contribution < 1.29 is 14.4 Å². The van der Waals surface area contributed by atoms with Gasteiger partial charge < -0.3 is 24.9 Å². The van der Waals surface area contributed by atoms with Crippen LogP contribution in [0.3, 0.4) is 0 Å². The molecule has 9 nitrogen and oxygen atoms in total. The van der Waals surface area contributed by atoms with Crippen molar-refractivity contribution in [1.82, 2.24) is 14.6 Å². The first kappa shape index (κ1) is 17.2. The van der Waals surface area contributed by atoms with Gasteiger partial charge in [0.1, 0.15) is 18.1 Å². The first-order valence-corrected chi connectivity index (χ1v) is 8.67. The van der Waals surface area contributed by atoms with Crippen molar-refractivity contribution in [3.05, 3.63) is 57.8 Å². The van der Waals surface area contributed by atoms with Crippen LogP contribution in [0.25, 0.3) is 5.65 Å². The number of hydrogen-bond donors (Lipinski definition) is 1. The molecule has 0 radical (unpaired) electrons. The van der Waals surface area contributed by atoms with Gasteiger partial charge >= 0.3 is 5.82 Å². The Labute approximate surface area is 155 Å². The van der Waals surface area contributed by atoms with Crippen LogP contribution in [0.5, 0.6) is 5.75 Å². The normalized spacial score (nSPS) is 16.6. The van der Waals surface area contributed by atoms with Gasteiger partial charge in [-0.05, 0) is 29.5 Å². The highest BCUT2D eigenvalue weighted by Crippen LogP contribution is 2.25. The number of benzene rings is 1. The molecule has 1 aliphatic heterocycles. The Hall–Kier alpha value is -3.20. The predicted molar refractivity (Wildman–Crippen MR) is 98.0 cm³/mol. The topological polar surface area (TPSA) is 104 Å². The van der Waals surface area contributed by atoms with Crippen molar-refractivity contribution in [2.45, 2.75) is 26.0 Å². The summed E-state index contributed by atoms with van der Waals surface area (Å²) in [6, 6.07) is 9.46. The molecular weight excluding hydrogens is 350 g/mol. The van der Waals surface area contributed by atoms with Gasteiger partial charge in [-0.1, -0.05) is 21.7 Å². The highest BCUT2D eigenvalue weighted by molar-refractivity contribution is 5.49. The second kappa shape index (κ2) is 7.20. The molecule has 4 rings (SSSR count). The van der Waals surface area contributed by atoms with Crippen molar-refractivity contribution in [2.75, 3.05) is 18.5 Å². The van der Waals surface area contributed by atoms with Gasteiger partial charge in [-0.3, -0.25) is 0 Å². The van der Waals surface area contributed by atoms with E-state index in [2.05, 4.69) is 15.4 Å². The van der Waals surface area contributed by atoms with Gasteiger partial charge in [0.2, 0.25) is 5.65 Å². The van der Waals surface area contributed by atoms with Gasteiger partial charge in [-0.2, -0.15) is 0 Å². The van der Waals surface area contributed by atoms with Crippen molar-refractivity contribution >= 4 is 17.3 Å². The summed E-state index contributed by atoms with van der Waals surface area (Å²) in [7, 11) is 0. The zero-order chi connectivity index (χ0) is 18.8. The number of rotatable bonds is 6. The Bertz CT molecular complexity index is 981. The monoisotopic (exact) mass is 369 g/mol.